The molecule has 0 aliphatic rings. The highest BCUT2D eigenvalue weighted by molar-refractivity contribution is 5.30. The Kier molecular flexibility index (Phi) is 5.12. The second-order valence-electron chi connectivity index (χ2n) is 4.43. The van der Waals surface area contributed by atoms with Gasteiger partial charge in [0.05, 0.1) is 6.10 Å². The van der Waals surface area contributed by atoms with Gasteiger partial charge in [0.25, 0.3) is 0 Å². The van der Waals surface area contributed by atoms with Crippen molar-refractivity contribution in [3.8, 4) is 11.5 Å². The van der Waals surface area contributed by atoms with Crippen molar-refractivity contribution in [2.75, 3.05) is 6.61 Å². The molecule has 1 atom stereocenters. The summed E-state index contributed by atoms with van der Waals surface area (Å²) < 4.78 is 5.39. The Balaban J connectivity index is 2.26. The Morgan fingerprint density at radius 2 is 1.75 bits per heavy atom. The van der Waals surface area contributed by atoms with E-state index in [0.29, 0.717) is 18.3 Å². The average molecular weight is 224 g/mol. The monoisotopic (exact) mass is 224 g/mol. The quantitative estimate of drug-likeness (QED) is 0.780. The molecule has 0 saturated carbocycles. The summed E-state index contributed by atoms with van der Waals surface area (Å²) in [6.07, 6.45) is 1.34. The molecule has 90 valence electrons. The van der Waals surface area contributed by atoms with Crippen molar-refractivity contribution in [3.63, 3.8) is 0 Å². The first-order valence-electron chi connectivity index (χ1n) is 5.68. The molecule has 0 fully saturated rings. The highest BCUT2D eigenvalue weighted by atomic mass is 16.5. The second kappa shape index (κ2) is 6.38. The van der Waals surface area contributed by atoms with Crippen LogP contribution in [0, 0.1) is 5.92 Å². The average Bonchev–Trinajstić information content (AvgIpc) is 2.25. The molecule has 1 aromatic carbocycles. The van der Waals surface area contributed by atoms with Crippen LogP contribution in [0.25, 0.3) is 0 Å². The van der Waals surface area contributed by atoms with Gasteiger partial charge in [-0.2, -0.15) is 0 Å². The maximum Gasteiger partial charge on any atom is 0.119 e. The van der Waals surface area contributed by atoms with Crippen LogP contribution < -0.4 is 4.74 Å². The van der Waals surface area contributed by atoms with Crippen LogP contribution in [-0.4, -0.2) is 22.9 Å². The van der Waals surface area contributed by atoms with Gasteiger partial charge in [-0.1, -0.05) is 13.8 Å². The lowest BCUT2D eigenvalue weighted by Gasteiger charge is -2.13. The summed E-state index contributed by atoms with van der Waals surface area (Å²) in [5.74, 6) is 1.48. The van der Waals surface area contributed by atoms with E-state index in [1.54, 1.807) is 24.3 Å². The zero-order valence-corrected chi connectivity index (χ0v) is 9.89. The van der Waals surface area contributed by atoms with Gasteiger partial charge < -0.3 is 14.9 Å². The van der Waals surface area contributed by atoms with Crippen molar-refractivity contribution in [3.05, 3.63) is 24.3 Å². The summed E-state index contributed by atoms with van der Waals surface area (Å²) in [5.41, 5.74) is 0. The molecule has 0 amide bonds. The summed E-state index contributed by atoms with van der Waals surface area (Å²) >= 11 is 0. The van der Waals surface area contributed by atoms with E-state index in [0.717, 1.165) is 12.8 Å². The topological polar surface area (TPSA) is 49.7 Å². The van der Waals surface area contributed by atoms with E-state index in [1.807, 2.05) is 0 Å². The van der Waals surface area contributed by atoms with E-state index < -0.39 is 6.10 Å². The minimum absolute atomic E-state index is 0.215. The Bertz CT molecular complexity index is 293. The number of rotatable bonds is 6. The first-order chi connectivity index (χ1) is 7.58. The number of aliphatic hydroxyl groups excluding tert-OH is 1. The largest absolute Gasteiger partial charge is 0.508 e. The molecule has 1 rings (SSSR count). The highest BCUT2D eigenvalue weighted by Crippen LogP contribution is 2.16. The Morgan fingerprint density at radius 1 is 1.12 bits per heavy atom. The van der Waals surface area contributed by atoms with Gasteiger partial charge in [-0.3, -0.25) is 0 Å². The van der Waals surface area contributed by atoms with Crippen LogP contribution >= 0.6 is 0 Å². The van der Waals surface area contributed by atoms with Gasteiger partial charge in [0.15, 0.2) is 0 Å². The molecule has 0 aromatic heterocycles. The first kappa shape index (κ1) is 12.8. The van der Waals surface area contributed by atoms with Gasteiger partial charge in [-0.15, -0.1) is 0 Å². The minimum atomic E-state index is -0.420. The standard InChI is InChI=1S/C13H20O3/c1-10(2)3-4-12(15)9-16-13-7-5-11(14)6-8-13/h5-8,10,12,14-15H,3-4,9H2,1-2H3. The zero-order valence-electron chi connectivity index (χ0n) is 9.89. The maximum atomic E-state index is 9.64. The molecule has 3 nitrogen and oxygen atoms in total. The number of aliphatic hydroxyl groups is 1. The number of phenols is 1. The third kappa shape index (κ3) is 5.03. The number of phenolic OH excluding ortho intramolecular Hbond substituents is 1. The molecule has 1 aromatic rings. The van der Waals surface area contributed by atoms with Crippen LogP contribution in [0.4, 0.5) is 0 Å². The third-order valence-electron chi connectivity index (χ3n) is 2.36. The highest BCUT2D eigenvalue weighted by Gasteiger charge is 2.06. The molecule has 1 unspecified atom stereocenters. The fraction of sp³-hybridized carbons (Fsp3) is 0.538. The molecule has 0 aliphatic heterocycles. The van der Waals surface area contributed by atoms with Crippen LogP contribution in [0.15, 0.2) is 24.3 Å². The summed E-state index contributed by atoms with van der Waals surface area (Å²) in [7, 11) is 0. The fourth-order valence-corrected chi connectivity index (χ4v) is 1.34. The van der Waals surface area contributed by atoms with Crippen LogP contribution in [0.2, 0.25) is 0 Å². The zero-order chi connectivity index (χ0) is 12.0. The number of hydrogen-bond donors (Lipinski definition) is 2. The number of benzene rings is 1. The summed E-state index contributed by atoms with van der Waals surface area (Å²) in [6.45, 7) is 4.57. The molecule has 0 spiro atoms. The molecular weight excluding hydrogens is 204 g/mol. The van der Waals surface area contributed by atoms with Gasteiger partial charge in [0.2, 0.25) is 0 Å². The van der Waals surface area contributed by atoms with Crippen LogP contribution in [0.3, 0.4) is 0 Å². The third-order valence-corrected chi connectivity index (χ3v) is 2.36. The summed E-state index contributed by atoms with van der Waals surface area (Å²) in [6, 6.07) is 6.50. The van der Waals surface area contributed by atoms with E-state index in [4.69, 9.17) is 9.84 Å². The fourth-order valence-electron chi connectivity index (χ4n) is 1.34. The smallest absolute Gasteiger partial charge is 0.119 e. The van der Waals surface area contributed by atoms with Gasteiger partial charge in [0, 0.05) is 0 Å². The van der Waals surface area contributed by atoms with Gasteiger partial charge in [-0.25, -0.2) is 0 Å². The van der Waals surface area contributed by atoms with Gasteiger partial charge in [0.1, 0.15) is 18.1 Å². The lowest BCUT2D eigenvalue weighted by atomic mass is 10.1. The van der Waals surface area contributed by atoms with E-state index >= 15 is 0 Å². The first-order valence-corrected chi connectivity index (χ1v) is 5.68. The molecule has 0 aliphatic carbocycles. The van der Waals surface area contributed by atoms with Gasteiger partial charge >= 0.3 is 0 Å². The number of ether oxygens (including phenoxy) is 1. The van der Waals surface area contributed by atoms with Crippen molar-refractivity contribution >= 4 is 0 Å². The number of aromatic hydroxyl groups is 1. The summed E-state index contributed by atoms with van der Waals surface area (Å²) in [5, 5.41) is 18.7. The minimum Gasteiger partial charge on any atom is -0.508 e. The normalized spacial score (nSPS) is 12.8. The predicted octanol–water partition coefficient (Wildman–Crippen LogP) is 2.57. The van der Waals surface area contributed by atoms with Crippen LogP contribution in [-0.2, 0) is 0 Å². The van der Waals surface area contributed by atoms with E-state index in [1.165, 1.54) is 0 Å². The van der Waals surface area contributed by atoms with Crippen LogP contribution in [0.5, 0.6) is 11.5 Å². The molecule has 0 bridgehead atoms. The Hall–Kier alpha value is -1.22. The Morgan fingerprint density at radius 3 is 2.31 bits per heavy atom. The Labute approximate surface area is 96.7 Å². The van der Waals surface area contributed by atoms with E-state index in [-0.39, 0.29) is 5.75 Å². The molecule has 16 heavy (non-hydrogen) atoms. The number of hydrogen-bond acceptors (Lipinski definition) is 3. The molecule has 3 heteroatoms. The van der Waals surface area contributed by atoms with Crippen LogP contribution in [0.1, 0.15) is 26.7 Å². The van der Waals surface area contributed by atoms with Crippen molar-refractivity contribution in [1.82, 2.24) is 0 Å². The second-order valence-corrected chi connectivity index (χ2v) is 4.43. The molecule has 0 radical (unpaired) electrons. The van der Waals surface area contributed by atoms with E-state index in [9.17, 15) is 5.11 Å². The summed E-state index contributed by atoms with van der Waals surface area (Å²) in [4.78, 5) is 0. The maximum absolute atomic E-state index is 9.64. The van der Waals surface area contributed by atoms with Crippen molar-refractivity contribution in [2.45, 2.75) is 32.8 Å². The van der Waals surface area contributed by atoms with Crippen molar-refractivity contribution in [1.29, 1.82) is 0 Å². The lowest BCUT2D eigenvalue weighted by molar-refractivity contribution is 0.0950. The van der Waals surface area contributed by atoms with Gasteiger partial charge in [-0.05, 0) is 43.0 Å². The molecule has 0 saturated heterocycles. The predicted molar refractivity (Wildman–Crippen MR) is 63.7 cm³/mol. The lowest BCUT2D eigenvalue weighted by Crippen LogP contribution is -2.18. The molecule has 0 heterocycles. The molecular formula is C13H20O3. The SMILES string of the molecule is CC(C)CCC(O)COc1ccc(O)cc1. The van der Waals surface area contributed by atoms with Crippen molar-refractivity contribution in [2.24, 2.45) is 5.92 Å². The van der Waals surface area contributed by atoms with Crippen molar-refractivity contribution < 1.29 is 14.9 Å². The molecule has 2 N–H and O–H groups in total. The van der Waals surface area contributed by atoms with E-state index in [2.05, 4.69) is 13.8 Å².